The molecule has 0 radical (unpaired) electrons. The SMILES string of the molecule is O=C1NC(=O)C(C(=O)Nc2ccccc2)=C1F. The summed E-state index contributed by atoms with van der Waals surface area (Å²) < 4.78 is 13.2. The number of anilines is 1. The lowest BCUT2D eigenvalue weighted by Gasteiger charge is -2.03. The van der Waals surface area contributed by atoms with E-state index in [1.54, 1.807) is 35.6 Å². The Morgan fingerprint density at radius 3 is 2.29 bits per heavy atom. The van der Waals surface area contributed by atoms with Crippen molar-refractivity contribution in [3.8, 4) is 0 Å². The first kappa shape index (κ1) is 11.0. The van der Waals surface area contributed by atoms with E-state index < -0.39 is 29.1 Å². The minimum Gasteiger partial charge on any atom is -0.322 e. The predicted molar refractivity (Wildman–Crippen MR) is 56.4 cm³/mol. The summed E-state index contributed by atoms with van der Waals surface area (Å²) in [6.07, 6.45) is 0. The molecule has 1 aliphatic rings. The van der Waals surface area contributed by atoms with Crippen molar-refractivity contribution < 1.29 is 18.8 Å². The molecule has 0 bridgehead atoms. The third-order valence-corrected chi connectivity index (χ3v) is 2.13. The molecular weight excluding hydrogens is 227 g/mol. The normalized spacial score (nSPS) is 14.9. The first-order valence-electron chi connectivity index (χ1n) is 4.71. The smallest absolute Gasteiger partial charge is 0.287 e. The molecule has 0 aromatic heterocycles. The summed E-state index contributed by atoms with van der Waals surface area (Å²) >= 11 is 0. The fourth-order valence-electron chi connectivity index (χ4n) is 1.35. The molecule has 17 heavy (non-hydrogen) atoms. The van der Waals surface area contributed by atoms with Gasteiger partial charge in [0, 0.05) is 5.69 Å². The van der Waals surface area contributed by atoms with Gasteiger partial charge in [-0.3, -0.25) is 19.7 Å². The molecule has 0 saturated heterocycles. The molecule has 1 heterocycles. The number of rotatable bonds is 2. The topological polar surface area (TPSA) is 75.3 Å². The van der Waals surface area contributed by atoms with Gasteiger partial charge >= 0.3 is 0 Å². The first-order valence-corrected chi connectivity index (χ1v) is 4.71. The molecule has 0 unspecified atom stereocenters. The van der Waals surface area contributed by atoms with E-state index >= 15 is 0 Å². The maximum atomic E-state index is 13.2. The van der Waals surface area contributed by atoms with E-state index in [4.69, 9.17) is 0 Å². The van der Waals surface area contributed by atoms with Gasteiger partial charge in [-0.05, 0) is 12.1 Å². The summed E-state index contributed by atoms with van der Waals surface area (Å²) in [4.78, 5) is 33.5. The van der Waals surface area contributed by atoms with Crippen LogP contribution in [-0.2, 0) is 14.4 Å². The van der Waals surface area contributed by atoms with Gasteiger partial charge < -0.3 is 5.32 Å². The van der Waals surface area contributed by atoms with E-state index in [2.05, 4.69) is 5.32 Å². The Labute approximate surface area is 95.3 Å². The molecule has 2 N–H and O–H groups in total. The van der Waals surface area contributed by atoms with Crippen molar-refractivity contribution >= 4 is 23.4 Å². The summed E-state index contributed by atoms with van der Waals surface area (Å²) in [7, 11) is 0. The monoisotopic (exact) mass is 234 g/mol. The van der Waals surface area contributed by atoms with Gasteiger partial charge in [-0.15, -0.1) is 0 Å². The number of benzene rings is 1. The van der Waals surface area contributed by atoms with Crippen molar-refractivity contribution in [1.29, 1.82) is 0 Å². The lowest BCUT2D eigenvalue weighted by Crippen LogP contribution is -2.26. The fraction of sp³-hybridized carbons (Fsp3) is 0. The van der Waals surface area contributed by atoms with E-state index in [1.807, 2.05) is 0 Å². The van der Waals surface area contributed by atoms with Gasteiger partial charge in [0.1, 0.15) is 5.57 Å². The van der Waals surface area contributed by atoms with Gasteiger partial charge in [0.2, 0.25) is 5.83 Å². The number of amides is 3. The second kappa shape index (κ2) is 4.17. The summed E-state index contributed by atoms with van der Waals surface area (Å²) in [5.74, 6) is -4.52. The Balaban J connectivity index is 2.22. The quantitative estimate of drug-likeness (QED) is 0.578. The molecule has 0 atom stereocenters. The predicted octanol–water partition coefficient (Wildman–Crippen LogP) is 0.505. The van der Waals surface area contributed by atoms with Crippen LogP contribution in [0.15, 0.2) is 41.7 Å². The summed E-state index contributed by atoms with van der Waals surface area (Å²) in [5.41, 5.74) is -0.385. The third-order valence-electron chi connectivity index (χ3n) is 2.13. The Bertz CT molecular complexity index is 537. The number of imide groups is 1. The maximum Gasteiger partial charge on any atom is 0.287 e. The number of nitrogens with one attached hydrogen (secondary N) is 2. The van der Waals surface area contributed by atoms with Gasteiger partial charge in [-0.25, -0.2) is 0 Å². The molecule has 3 amide bonds. The highest BCUT2D eigenvalue weighted by Gasteiger charge is 2.35. The average Bonchev–Trinajstić information content (AvgIpc) is 2.54. The number of hydrogen-bond acceptors (Lipinski definition) is 3. The Morgan fingerprint density at radius 2 is 1.76 bits per heavy atom. The number of carbonyl (C=O) groups is 3. The zero-order valence-corrected chi connectivity index (χ0v) is 8.49. The van der Waals surface area contributed by atoms with Crippen molar-refractivity contribution in [1.82, 2.24) is 5.32 Å². The van der Waals surface area contributed by atoms with Crippen molar-refractivity contribution in [2.45, 2.75) is 0 Å². The highest BCUT2D eigenvalue weighted by atomic mass is 19.1. The number of hydrogen-bond donors (Lipinski definition) is 2. The molecule has 6 heteroatoms. The molecule has 2 rings (SSSR count). The van der Waals surface area contributed by atoms with Crippen molar-refractivity contribution in [2.24, 2.45) is 0 Å². The average molecular weight is 234 g/mol. The number of carbonyl (C=O) groups excluding carboxylic acids is 3. The van der Waals surface area contributed by atoms with Gasteiger partial charge in [0.15, 0.2) is 0 Å². The van der Waals surface area contributed by atoms with E-state index in [1.165, 1.54) is 0 Å². The third kappa shape index (κ3) is 2.05. The fourth-order valence-corrected chi connectivity index (χ4v) is 1.35. The largest absolute Gasteiger partial charge is 0.322 e. The van der Waals surface area contributed by atoms with E-state index in [0.717, 1.165) is 0 Å². The second-order valence-corrected chi connectivity index (χ2v) is 3.29. The van der Waals surface area contributed by atoms with Crippen molar-refractivity contribution in [3.63, 3.8) is 0 Å². The molecule has 0 saturated carbocycles. The minimum absolute atomic E-state index is 0.407. The van der Waals surface area contributed by atoms with Crippen molar-refractivity contribution in [3.05, 3.63) is 41.7 Å². The van der Waals surface area contributed by atoms with Gasteiger partial charge in [-0.1, -0.05) is 18.2 Å². The first-order chi connectivity index (χ1) is 8.09. The van der Waals surface area contributed by atoms with Crippen LogP contribution in [0.3, 0.4) is 0 Å². The summed E-state index contributed by atoms with van der Waals surface area (Å²) in [5, 5.41) is 4.01. The van der Waals surface area contributed by atoms with Gasteiger partial charge in [-0.2, -0.15) is 4.39 Å². The Kier molecular flexibility index (Phi) is 2.70. The van der Waals surface area contributed by atoms with Crippen LogP contribution >= 0.6 is 0 Å². The molecule has 5 nitrogen and oxygen atoms in total. The van der Waals surface area contributed by atoms with Crippen LogP contribution in [-0.4, -0.2) is 17.7 Å². The molecule has 1 aromatic carbocycles. The molecule has 0 fully saturated rings. The lowest BCUT2D eigenvalue weighted by molar-refractivity contribution is -0.125. The van der Waals surface area contributed by atoms with E-state index in [0.29, 0.717) is 5.69 Å². The number of para-hydroxylation sites is 1. The highest BCUT2D eigenvalue weighted by Crippen LogP contribution is 2.16. The van der Waals surface area contributed by atoms with E-state index in [9.17, 15) is 18.8 Å². The van der Waals surface area contributed by atoms with Crippen LogP contribution in [0.4, 0.5) is 10.1 Å². The van der Waals surface area contributed by atoms with E-state index in [-0.39, 0.29) is 0 Å². The van der Waals surface area contributed by atoms with Crippen LogP contribution in [0, 0.1) is 0 Å². The van der Waals surface area contributed by atoms with Gasteiger partial charge in [0.05, 0.1) is 0 Å². The highest BCUT2D eigenvalue weighted by molar-refractivity contribution is 6.33. The molecule has 0 spiro atoms. The van der Waals surface area contributed by atoms with Crippen LogP contribution in [0.2, 0.25) is 0 Å². The van der Waals surface area contributed by atoms with Crippen LogP contribution < -0.4 is 10.6 Å². The van der Waals surface area contributed by atoms with Crippen molar-refractivity contribution in [2.75, 3.05) is 5.32 Å². The van der Waals surface area contributed by atoms with Crippen LogP contribution in [0.25, 0.3) is 0 Å². The Morgan fingerprint density at radius 1 is 1.12 bits per heavy atom. The Hall–Kier alpha value is -2.50. The molecular formula is C11H7FN2O3. The lowest BCUT2D eigenvalue weighted by atomic mass is 10.2. The number of halogens is 1. The minimum atomic E-state index is -1.36. The molecule has 1 aliphatic heterocycles. The van der Waals surface area contributed by atoms with Crippen LogP contribution in [0.5, 0.6) is 0 Å². The standard InChI is InChI=1S/C11H7FN2O3/c12-8-7(10(16)14-11(8)17)9(15)13-6-4-2-1-3-5-6/h1-5H,(H,13,15)(H,14,16,17). The van der Waals surface area contributed by atoms with Crippen LogP contribution in [0.1, 0.15) is 0 Å². The zero-order valence-electron chi connectivity index (χ0n) is 8.49. The maximum absolute atomic E-state index is 13.2. The summed E-state index contributed by atoms with van der Waals surface area (Å²) in [6.45, 7) is 0. The zero-order chi connectivity index (χ0) is 12.4. The molecule has 0 aliphatic carbocycles. The second-order valence-electron chi connectivity index (χ2n) is 3.29. The molecule has 1 aromatic rings. The molecule has 86 valence electrons. The summed E-state index contributed by atoms with van der Waals surface area (Å²) in [6, 6.07) is 8.22. The van der Waals surface area contributed by atoms with Gasteiger partial charge in [0.25, 0.3) is 17.7 Å².